The zero-order chi connectivity index (χ0) is 19.4. The molecule has 0 spiro atoms. The molecular formula is C23H26NOS2+. The Balaban J connectivity index is 1.92. The number of Topliss-reactive ketones (excluding diaryl/α,β-unsaturated/α-hetero) is 1. The largest absolute Gasteiger partial charge is 0.321 e. The van der Waals surface area contributed by atoms with Crippen LogP contribution in [0.2, 0.25) is 0 Å². The minimum Gasteiger partial charge on any atom is -0.321 e. The molecule has 0 radical (unpaired) electrons. The standard InChI is InChI=1S/C23H26NOS2/c1-24(2)15-19(13-17-5-9-21(26-3)10-6-17)23(25)20(16-24)14-18-7-11-22(27-4)12-8-18/h5-14H,15-16H2,1-4H3/q+1/b19-13-,20-14+. The first-order chi connectivity index (χ1) is 12.9. The first kappa shape index (κ1) is 20.0. The summed E-state index contributed by atoms with van der Waals surface area (Å²) in [6.07, 6.45) is 8.24. The van der Waals surface area contributed by atoms with Gasteiger partial charge >= 0.3 is 0 Å². The molecule has 0 atom stereocenters. The molecule has 4 heteroatoms. The summed E-state index contributed by atoms with van der Waals surface area (Å²) in [5, 5.41) is 0. The van der Waals surface area contributed by atoms with Gasteiger partial charge in [0.2, 0.25) is 0 Å². The van der Waals surface area contributed by atoms with Crippen molar-refractivity contribution < 1.29 is 9.28 Å². The van der Waals surface area contributed by atoms with Crippen molar-refractivity contribution in [2.45, 2.75) is 9.79 Å². The van der Waals surface area contributed by atoms with Gasteiger partial charge in [-0.2, -0.15) is 0 Å². The summed E-state index contributed by atoms with van der Waals surface area (Å²) in [4.78, 5) is 15.6. The van der Waals surface area contributed by atoms with Crippen LogP contribution >= 0.6 is 23.5 Å². The highest BCUT2D eigenvalue weighted by molar-refractivity contribution is 7.98. The van der Waals surface area contributed by atoms with Crippen molar-refractivity contribution in [2.24, 2.45) is 0 Å². The van der Waals surface area contributed by atoms with E-state index in [4.69, 9.17) is 0 Å². The molecule has 0 amide bonds. The normalized spacial score (nSPS) is 19.6. The van der Waals surface area contributed by atoms with Crippen LogP contribution in [0.1, 0.15) is 11.1 Å². The zero-order valence-corrected chi connectivity index (χ0v) is 18.0. The number of hydrogen-bond donors (Lipinski definition) is 0. The molecule has 0 aromatic heterocycles. The van der Waals surface area contributed by atoms with E-state index in [9.17, 15) is 4.79 Å². The Bertz CT molecular complexity index is 806. The summed E-state index contributed by atoms with van der Waals surface area (Å²) in [7, 11) is 4.36. The molecule has 0 N–H and O–H groups in total. The first-order valence-electron chi connectivity index (χ1n) is 8.96. The molecule has 1 fully saturated rings. The van der Waals surface area contributed by atoms with Gasteiger partial charge in [-0.15, -0.1) is 23.5 Å². The van der Waals surface area contributed by atoms with Gasteiger partial charge in [0.1, 0.15) is 13.1 Å². The SMILES string of the molecule is CSc1ccc(/C=C2/C[N+](C)(C)C/C(=C\c3ccc(SC)cc3)C2=O)cc1. The van der Waals surface area contributed by atoms with Crippen molar-refractivity contribution in [2.75, 3.05) is 39.7 Å². The highest BCUT2D eigenvalue weighted by atomic mass is 32.2. The molecule has 2 aromatic rings. The first-order valence-corrected chi connectivity index (χ1v) is 11.4. The summed E-state index contributed by atoms with van der Waals surface area (Å²) in [6, 6.07) is 16.8. The maximum absolute atomic E-state index is 13.1. The summed E-state index contributed by atoms with van der Waals surface area (Å²) in [6.45, 7) is 1.51. The number of likely N-dealkylation sites (N-methyl/N-ethyl adjacent to an activating group) is 1. The van der Waals surface area contributed by atoms with Crippen molar-refractivity contribution in [3.63, 3.8) is 0 Å². The highest BCUT2D eigenvalue weighted by Crippen LogP contribution is 2.26. The van der Waals surface area contributed by atoms with E-state index in [2.05, 4.69) is 87.3 Å². The van der Waals surface area contributed by atoms with Crippen molar-refractivity contribution in [3.8, 4) is 0 Å². The van der Waals surface area contributed by atoms with Crippen LogP contribution in [-0.2, 0) is 4.79 Å². The summed E-state index contributed by atoms with van der Waals surface area (Å²) in [5.41, 5.74) is 3.94. The fourth-order valence-electron chi connectivity index (χ4n) is 3.35. The number of nitrogens with zero attached hydrogens (tertiary/aromatic N) is 1. The number of carbonyl (C=O) groups excluding carboxylic acids is 1. The lowest BCUT2D eigenvalue weighted by Crippen LogP contribution is -2.48. The van der Waals surface area contributed by atoms with E-state index in [1.54, 1.807) is 23.5 Å². The van der Waals surface area contributed by atoms with Crippen molar-refractivity contribution in [1.29, 1.82) is 0 Å². The molecule has 1 heterocycles. The Kier molecular flexibility index (Phi) is 6.30. The molecule has 0 unspecified atom stereocenters. The summed E-state index contributed by atoms with van der Waals surface area (Å²) >= 11 is 3.45. The Labute approximate surface area is 170 Å². The molecule has 0 saturated carbocycles. The Morgan fingerprint density at radius 1 is 0.741 bits per heavy atom. The minimum absolute atomic E-state index is 0.176. The van der Waals surface area contributed by atoms with Crippen LogP contribution in [0.15, 0.2) is 69.5 Å². The summed E-state index contributed by atoms with van der Waals surface area (Å²) < 4.78 is 0.787. The van der Waals surface area contributed by atoms with Gasteiger partial charge in [0.05, 0.1) is 25.2 Å². The van der Waals surface area contributed by atoms with Gasteiger partial charge in [-0.1, -0.05) is 24.3 Å². The second-order valence-electron chi connectivity index (χ2n) is 7.47. The number of hydrogen-bond acceptors (Lipinski definition) is 3. The number of carbonyl (C=O) groups is 1. The number of likely N-dealkylation sites (tertiary alicyclic amines) is 1. The second kappa shape index (κ2) is 8.51. The monoisotopic (exact) mass is 396 g/mol. The van der Waals surface area contributed by atoms with Crippen molar-refractivity contribution >= 4 is 41.5 Å². The quantitative estimate of drug-likeness (QED) is 0.399. The van der Waals surface area contributed by atoms with E-state index in [0.29, 0.717) is 0 Å². The van der Waals surface area contributed by atoms with Crippen LogP contribution in [0.3, 0.4) is 0 Å². The molecular weight excluding hydrogens is 370 g/mol. The van der Waals surface area contributed by atoms with Crippen LogP contribution in [0.25, 0.3) is 12.2 Å². The maximum atomic E-state index is 13.1. The van der Waals surface area contributed by atoms with Gasteiger partial charge < -0.3 is 4.48 Å². The zero-order valence-electron chi connectivity index (χ0n) is 16.4. The van der Waals surface area contributed by atoms with Gasteiger partial charge in [0.15, 0.2) is 5.78 Å². The fourth-order valence-corrected chi connectivity index (χ4v) is 4.17. The van der Waals surface area contributed by atoms with Crippen LogP contribution in [0.4, 0.5) is 0 Å². The molecule has 0 aliphatic carbocycles. The molecule has 1 aliphatic heterocycles. The molecule has 140 valence electrons. The second-order valence-corrected chi connectivity index (χ2v) is 9.23. The number of rotatable bonds is 4. The third kappa shape index (κ3) is 5.16. The third-order valence-electron chi connectivity index (χ3n) is 4.69. The lowest BCUT2D eigenvalue weighted by molar-refractivity contribution is -0.881. The number of ketones is 1. The van der Waals surface area contributed by atoms with E-state index in [-0.39, 0.29) is 5.78 Å². The van der Waals surface area contributed by atoms with Crippen LogP contribution < -0.4 is 0 Å². The number of piperidine rings is 1. The lowest BCUT2D eigenvalue weighted by atomic mass is 9.93. The van der Waals surface area contributed by atoms with Crippen LogP contribution in [-0.4, -0.2) is 50.0 Å². The average Bonchev–Trinajstić information content (AvgIpc) is 2.66. The highest BCUT2D eigenvalue weighted by Gasteiger charge is 2.33. The van der Waals surface area contributed by atoms with Crippen LogP contribution in [0.5, 0.6) is 0 Å². The average molecular weight is 397 g/mol. The Morgan fingerprint density at radius 2 is 1.11 bits per heavy atom. The van der Waals surface area contributed by atoms with E-state index >= 15 is 0 Å². The van der Waals surface area contributed by atoms with E-state index in [0.717, 1.165) is 39.8 Å². The van der Waals surface area contributed by atoms with Gasteiger partial charge in [-0.3, -0.25) is 4.79 Å². The maximum Gasteiger partial charge on any atom is 0.196 e. The number of benzene rings is 2. The van der Waals surface area contributed by atoms with Gasteiger partial charge in [-0.25, -0.2) is 0 Å². The molecule has 0 bridgehead atoms. The van der Waals surface area contributed by atoms with Gasteiger partial charge in [0.25, 0.3) is 0 Å². The smallest absolute Gasteiger partial charge is 0.196 e. The van der Waals surface area contributed by atoms with E-state index in [1.807, 2.05) is 0 Å². The van der Waals surface area contributed by atoms with E-state index < -0.39 is 0 Å². The van der Waals surface area contributed by atoms with Crippen LogP contribution in [0, 0.1) is 0 Å². The van der Waals surface area contributed by atoms with Crippen molar-refractivity contribution in [3.05, 3.63) is 70.8 Å². The molecule has 3 rings (SSSR count). The summed E-state index contributed by atoms with van der Waals surface area (Å²) in [5.74, 6) is 0.176. The number of thioether (sulfide) groups is 2. The Hall–Kier alpha value is -1.75. The topological polar surface area (TPSA) is 17.1 Å². The Morgan fingerprint density at radius 3 is 1.44 bits per heavy atom. The molecule has 2 nitrogen and oxygen atoms in total. The van der Waals surface area contributed by atoms with Gasteiger partial charge in [-0.05, 0) is 60.1 Å². The molecule has 2 aromatic carbocycles. The van der Waals surface area contributed by atoms with Crippen molar-refractivity contribution in [1.82, 2.24) is 0 Å². The molecule has 1 aliphatic rings. The van der Waals surface area contributed by atoms with Gasteiger partial charge in [0, 0.05) is 9.79 Å². The minimum atomic E-state index is 0.176. The number of quaternary nitrogens is 1. The lowest BCUT2D eigenvalue weighted by Gasteiger charge is -2.35. The molecule has 1 saturated heterocycles. The fraction of sp³-hybridized carbons (Fsp3) is 0.261. The van der Waals surface area contributed by atoms with E-state index in [1.165, 1.54) is 9.79 Å². The predicted octanol–water partition coefficient (Wildman–Crippen LogP) is 5.26. The predicted molar refractivity (Wildman–Crippen MR) is 119 cm³/mol. The third-order valence-corrected chi connectivity index (χ3v) is 6.18. The molecule has 27 heavy (non-hydrogen) atoms.